The molecule has 0 radical (unpaired) electrons. The average Bonchev–Trinajstić information content (AvgIpc) is 3.27. The number of carbonyl (C=O) groups is 1. The summed E-state index contributed by atoms with van der Waals surface area (Å²) in [5.41, 5.74) is 1.04. The Morgan fingerprint density at radius 2 is 2.21 bits per heavy atom. The fourth-order valence-corrected chi connectivity index (χ4v) is 3.48. The Morgan fingerprint density at radius 3 is 3.00 bits per heavy atom. The lowest BCUT2D eigenvalue weighted by molar-refractivity contribution is -0.121. The summed E-state index contributed by atoms with van der Waals surface area (Å²) in [6.45, 7) is 4.52. The first-order valence-corrected chi connectivity index (χ1v) is 10.4. The Labute approximate surface area is 173 Å². The van der Waals surface area contributed by atoms with Crippen molar-refractivity contribution in [3.05, 3.63) is 48.3 Å². The second-order valence-electron chi connectivity index (χ2n) is 7.47. The van der Waals surface area contributed by atoms with Gasteiger partial charge in [-0.1, -0.05) is 12.1 Å². The second-order valence-corrected chi connectivity index (χ2v) is 7.47. The van der Waals surface area contributed by atoms with Crippen molar-refractivity contribution >= 4 is 5.91 Å². The van der Waals surface area contributed by atoms with Gasteiger partial charge in [0.25, 0.3) is 0 Å². The summed E-state index contributed by atoms with van der Waals surface area (Å²) >= 11 is 0. The number of nitrogens with one attached hydrogen (secondary N) is 1. The molecule has 158 valence electrons. The Bertz CT molecular complexity index is 729. The highest BCUT2D eigenvalue weighted by molar-refractivity contribution is 5.75. The standard InChI is InChI=1S/C22H32N4O3/c1-25(20-8-14-28-15-9-20)13-16-29-21-6-2-5-19(17-21)18-23-22(27)7-3-11-26-12-4-10-24-26/h2,4-6,10,12,17,20H,3,7-9,11,13-16,18H2,1H3,(H,23,27). The fourth-order valence-electron chi connectivity index (χ4n) is 3.48. The zero-order chi connectivity index (χ0) is 20.3. The molecule has 1 aromatic carbocycles. The fraction of sp³-hybridized carbons (Fsp3) is 0.545. The van der Waals surface area contributed by atoms with E-state index in [2.05, 4.69) is 22.4 Å². The lowest BCUT2D eigenvalue weighted by atomic mass is 10.1. The highest BCUT2D eigenvalue weighted by Crippen LogP contribution is 2.15. The van der Waals surface area contributed by atoms with E-state index < -0.39 is 0 Å². The Morgan fingerprint density at radius 1 is 1.34 bits per heavy atom. The molecule has 1 saturated heterocycles. The molecule has 0 unspecified atom stereocenters. The molecule has 1 aliphatic rings. The van der Waals surface area contributed by atoms with Gasteiger partial charge in [-0.15, -0.1) is 0 Å². The van der Waals surface area contributed by atoms with Crippen molar-refractivity contribution in [2.75, 3.05) is 33.4 Å². The van der Waals surface area contributed by atoms with E-state index in [1.807, 2.05) is 41.2 Å². The number of aryl methyl sites for hydroxylation is 1. The lowest BCUT2D eigenvalue weighted by Gasteiger charge is -2.31. The van der Waals surface area contributed by atoms with Gasteiger partial charge in [0.2, 0.25) is 5.91 Å². The third-order valence-corrected chi connectivity index (χ3v) is 5.27. The van der Waals surface area contributed by atoms with Crippen LogP contribution in [0.1, 0.15) is 31.2 Å². The predicted octanol–water partition coefficient (Wildman–Crippen LogP) is 2.47. The first-order chi connectivity index (χ1) is 14.2. The summed E-state index contributed by atoms with van der Waals surface area (Å²) in [5, 5.41) is 7.12. The Balaban J connectivity index is 1.33. The summed E-state index contributed by atoms with van der Waals surface area (Å²) in [4.78, 5) is 14.4. The van der Waals surface area contributed by atoms with Crippen LogP contribution in [-0.2, 0) is 22.6 Å². The second kappa shape index (κ2) is 11.6. The topological polar surface area (TPSA) is 68.6 Å². The van der Waals surface area contributed by atoms with Gasteiger partial charge in [-0.05, 0) is 50.1 Å². The summed E-state index contributed by atoms with van der Waals surface area (Å²) in [5.74, 6) is 0.900. The number of ether oxygens (including phenoxy) is 2. The van der Waals surface area contributed by atoms with Gasteiger partial charge in [0.1, 0.15) is 12.4 Å². The molecule has 1 fully saturated rings. The predicted molar refractivity (Wildman–Crippen MR) is 112 cm³/mol. The maximum Gasteiger partial charge on any atom is 0.220 e. The number of hydrogen-bond donors (Lipinski definition) is 1. The van der Waals surface area contributed by atoms with Gasteiger partial charge in [-0.25, -0.2) is 0 Å². The Hall–Kier alpha value is -2.38. The summed E-state index contributed by atoms with van der Waals surface area (Å²) in [6, 6.07) is 10.4. The van der Waals surface area contributed by atoms with Crippen LogP contribution in [0.5, 0.6) is 5.75 Å². The SMILES string of the molecule is CN(CCOc1cccc(CNC(=O)CCCn2cccn2)c1)C1CCOCC1. The van der Waals surface area contributed by atoms with Crippen LogP contribution in [0.3, 0.4) is 0 Å². The van der Waals surface area contributed by atoms with Gasteiger partial charge in [0, 0.05) is 57.7 Å². The van der Waals surface area contributed by atoms with Crippen molar-refractivity contribution in [2.24, 2.45) is 0 Å². The van der Waals surface area contributed by atoms with Crippen LogP contribution in [-0.4, -0.2) is 60.0 Å². The number of benzene rings is 1. The lowest BCUT2D eigenvalue weighted by Crippen LogP contribution is -2.38. The Kier molecular flexibility index (Phi) is 8.52. The first-order valence-electron chi connectivity index (χ1n) is 10.4. The van der Waals surface area contributed by atoms with Crippen molar-refractivity contribution in [1.82, 2.24) is 20.0 Å². The maximum absolute atomic E-state index is 12.0. The molecule has 0 saturated carbocycles. The van der Waals surface area contributed by atoms with Crippen LogP contribution < -0.4 is 10.1 Å². The van der Waals surface area contributed by atoms with Gasteiger partial charge in [-0.2, -0.15) is 5.10 Å². The molecule has 2 aromatic rings. The highest BCUT2D eigenvalue weighted by atomic mass is 16.5. The minimum absolute atomic E-state index is 0.0570. The molecular weight excluding hydrogens is 368 g/mol. The molecule has 1 N–H and O–H groups in total. The molecule has 0 aliphatic carbocycles. The minimum atomic E-state index is 0.0570. The molecule has 1 amide bonds. The zero-order valence-corrected chi connectivity index (χ0v) is 17.3. The number of aromatic nitrogens is 2. The van der Waals surface area contributed by atoms with Crippen molar-refractivity contribution in [3.63, 3.8) is 0 Å². The van der Waals surface area contributed by atoms with Crippen LogP contribution in [0.2, 0.25) is 0 Å². The van der Waals surface area contributed by atoms with E-state index in [1.165, 1.54) is 0 Å². The summed E-state index contributed by atoms with van der Waals surface area (Å²) in [6.07, 6.45) is 7.11. The normalized spacial score (nSPS) is 14.8. The maximum atomic E-state index is 12.0. The number of rotatable bonds is 11. The minimum Gasteiger partial charge on any atom is -0.492 e. The summed E-state index contributed by atoms with van der Waals surface area (Å²) < 4.78 is 13.2. The van der Waals surface area contributed by atoms with Crippen LogP contribution >= 0.6 is 0 Å². The number of carbonyl (C=O) groups excluding carboxylic acids is 1. The molecular formula is C22H32N4O3. The summed E-state index contributed by atoms with van der Waals surface area (Å²) in [7, 11) is 2.15. The molecule has 7 nitrogen and oxygen atoms in total. The molecule has 0 spiro atoms. The van der Waals surface area contributed by atoms with Crippen molar-refractivity contribution in [1.29, 1.82) is 0 Å². The molecule has 3 rings (SSSR count). The van der Waals surface area contributed by atoms with Crippen molar-refractivity contribution in [3.8, 4) is 5.75 Å². The van der Waals surface area contributed by atoms with Crippen LogP contribution in [0.4, 0.5) is 0 Å². The number of nitrogens with zero attached hydrogens (tertiary/aromatic N) is 3. The van der Waals surface area contributed by atoms with Crippen LogP contribution in [0.15, 0.2) is 42.7 Å². The van der Waals surface area contributed by atoms with E-state index in [-0.39, 0.29) is 5.91 Å². The van der Waals surface area contributed by atoms with E-state index in [4.69, 9.17) is 9.47 Å². The average molecular weight is 401 g/mol. The van der Waals surface area contributed by atoms with E-state index in [1.54, 1.807) is 6.20 Å². The molecule has 1 aromatic heterocycles. The van der Waals surface area contributed by atoms with Gasteiger partial charge in [0.15, 0.2) is 0 Å². The first kappa shape index (κ1) is 21.3. The van der Waals surface area contributed by atoms with Crippen molar-refractivity contribution in [2.45, 2.75) is 44.8 Å². The van der Waals surface area contributed by atoms with E-state index in [0.717, 1.165) is 56.9 Å². The van der Waals surface area contributed by atoms with E-state index >= 15 is 0 Å². The molecule has 7 heteroatoms. The molecule has 29 heavy (non-hydrogen) atoms. The molecule has 0 atom stereocenters. The van der Waals surface area contributed by atoms with Gasteiger partial charge < -0.3 is 14.8 Å². The van der Waals surface area contributed by atoms with Gasteiger partial charge >= 0.3 is 0 Å². The largest absolute Gasteiger partial charge is 0.492 e. The third-order valence-electron chi connectivity index (χ3n) is 5.27. The van der Waals surface area contributed by atoms with Crippen LogP contribution in [0, 0.1) is 0 Å². The quantitative estimate of drug-likeness (QED) is 0.628. The zero-order valence-electron chi connectivity index (χ0n) is 17.3. The van der Waals surface area contributed by atoms with Crippen LogP contribution in [0.25, 0.3) is 0 Å². The molecule has 0 bridgehead atoms. The van der Waals surface area contributed by atoms with E-state index in [9.17, 15) is 4.79 Å². The number of hydrogen-bond acceptors (Lipinski definition) is 5. The highest BCUT2D eigenvalue weighted by Gasteiger charge is 2.17. The number of amides is 1. The van der Waals surface area contributed by atoms with Gasteiger partial charge in [-0.3, -0.25) is 14.4 Å². The monoisotopic (exact) mass is 400 g/mol. The molecule has 2 heterocycles. The van der Waals surface area contributed by atoms with Crippen molar-refractivity contribution < 1.29 is 14.3 Å². The third kappa shape index (κ3) is 7.51. The smallest absolute Gasteiger partial charge is 0.220 e. The number of likely N-dealkylation sites (N-methyl/N-ethyl adjacent to an activating group) is 1. The van der Waals surface area contributed by atoms with Gasteiger partial charge in [0.05, 0.1) is 0 Å². The van der Waals surface area contributed by atoms with E-state index in [0.29, 0.717) is 25.6 Å². The molecule has 1 aliphatic heterocycles.